The van der Waals surface area contributed by atoms with Crippen LogP contribution in [0.3, 0.4) is 0 Å². The molecular formula is C19H19BrFNO3. The fraction of sp³-hybridized carbons (Fsp3) is 0.316. The molecule has 1 aliphatic rings. The fourth-order valence-corrected chi connectivity index (χ4v) is 3.60. The Morgan fingerprint density at radius 2 is 2.12 bits per heavy atom. The molecule has 0 aromatic heterocycles. The summed E-state index contributed by atoms with van der Waals surface area (Å²) in [6.45, 7) is 0.723. The van der Waals surface area contributed by atoms with E-state index >= 15 is 0 Å². The van der Waals surface area contributed by atoms with E-state index in [4.69, 9.17) is 9.84 Å². The summed E-state index contributed by atoms with van der Waals surface area (Å²) in [5.41, 5.74) is 2.62. The van der Waals surface area contributed by atoms with Crippen LogP contribution in [0, 0.1) is 11.7 Å². The number of nitrogens with one attached hydrogen (secondary N) is 1. The third-order valence-corrected chi connectivity index (χ3v) is 5.20. The molecule has 1 atom stereocenters. The summed E-state index contributed by atoms with van der Waals surface area (Å²) in [4.78, 5) is 10.6. The van der Waals surface area contributed by atoms with Crippen LogP contribution in [0.5, 0.6) is 5.75 Å². The van der Waals surface area contributed by atoms with Crippen molar-refractivity contribution in [1.82, 2.24) is 5.32 Å². The molecule has 0 bridgehead atoms. The highest BCUT2D eigenvalue weighted by Crippen LogP contribution is 2.37. The topological polar surface area (TPSA) is 58.6 Å². The number of rotatable bonds is 5. The van der Waals surface area contributed by atoms with Crippen molar-refractivity contribution in [3.8, 4) is 5.75 Å². The SMILES string of the molecule is O=C(O)NCC1CCc2cc(OCc3ccccc3)c(Br)c(F)c2C1. The molecule has 2 aromatic rings. The average molecular weight is 408 g/mol. The van der Waals surface area contributed by atoms with Gasteiger partial charge >= 0.3 is 6.09 Å². The summed E-state index contributed by atoms with van der Waals surface area (Å²) in [6, 6.07) is 11.6. The van der Waals surface area contributed by atoms with Gasteiger partial charge in [0.05, 0.1) is 4.47 Å². The summed E-state index contributed by atoms with van der Waals surface area (Å²) in [7, 11) is 0. The molecule has 0 aliphatic heterocycles. The standard InChI is InChI=1S/C19H19BrFNO3/c20-17-16(25-11-12-4-2-1-3-5-12)9-14-7-6-13(10-22-19(23)24)8-15(14)18(17)21/h1-5,9,13,22H,6-8,10-11H2,(H,23,24). The van der Waals surface area contributed by atoms with E-state index in [1.165, 1.54) is 0 Å². The lowest BCUT2D eigenvalue weighted by atomic mass is 9.83. The van der Waals surface area contributed by atoms with Crippen LogP contribution in [0.1, 0.15) is 23.1 Å². The number of hydrogen-bond donors (Lipinski definition) is 2. The Labute approximate surface area is 154 Å². The van der Waals surface area contributed by atoms with Crippen molar-refractivity contribution in [3.05, 3.63) is 63.4 Å². The second-order valence-corrected chi connectivity index (χ2v) is 7.00. The van der Waals surface area contributed by atoms with Gasteiger partial charge in [0, 0.05) is 6.54 Å². The number of hydrogen-bond acceptors (Lipinski definition) is 2. The molecule has 1 unspecified atom stereocenters. The molecule has 0 saturated heterocycles. The molecule has 132 valence electrons. The molecule has 1 aliphatic carbocycles. The van der Waals surface area contributed by atoms with Crippen molar-refractivity contribution in [2.45, 2.75) is 25.9 Å². The van der Waals surface area contributed by atoms with Crippen LogP contribution in [0.4, 0.5) is 9.18 Å². The van der Waals surface area contributed by atoms with Gasteiger partial charge in [0.1, 0.15) is 18.2 Å². The zero-order valence-corrected chi connectivity index (χ0v) is 15.2. The van der Waals surface area contributed by atoms with Gasteiger partial charge in [0.15, 0.2) is 0 Å². The van der Waals surface area contributed by atoms with Crippen molar-refractivity contribution < 1.29 is 19.0 Å². The number of carboxylic acid groups (broad SMARTS) is 1. The second kappa shape index (κ2) is 7.87. The monoisotopic (exact) mass is 407 g/mol. The molecule has 0 fully saturated rings. The van der Waals surface area contributed by atoms with Crippen molar-refractivity contribution in [3.63, 3.8) is 0 Å². The van der Waals surface area contributed by atoms with Crippen molar-refractivity contribution in [1.29, 1.82) is 0 Å². The molecular weight excluding hydrogens is 389 g/mol. The van der Waals surface area contributed by atoms with Crippen molar-refractivity contribution in [2.24, 2.45) is 5.92 Å². The van der Waals surface area contributed by atoms with Gasteiger partial charge in [-0.25, -0.2) is 9.18 Å². The smallest absolute Gasteiger partial charge is 0.404 e. The van der Waals surface area contributed by atoms with Crippen molar-refractivity contribution >= 4 is 22.0 Å². The Morgan fingerprint density at radius 3 is 2.84 bits per heavy atom. The molecule has 3 rings (SSSR count). The lowest BCUT2D eigenvalue weighted by Crippen LogP contribution is -2.31. The summed E-state index contributed by atoms with van der Waals surface area (Å²) in [5.74, 6) is 0.309. The van der Waals surface area contributed by atoms with Crippen LogP contribution in [0.2, 0.25) is 0 Å². The predicted octanol–water partition coefficient (Wildman–Crippen LogP) is 4.54. The highest BCUT2D eigenvalue weighted by molar-refractivity contribution is 9.10. The molecule has 4 nitrogen and oxygen atoms in total. The highest BCUT2D eigenvalue weighted by Gasteiger charge is 2.25. The molecule has 0 saturated carbocycles. The quantitative estimate of drug-likeness (QED) is 0.764. The Morgan fingerprint density at radius 1 is 1.36 bits per heavy atom. The van der Waals surface area contributed by atoms with Gasteiger partial charge in [0.2, 0.25) is 0 Å². The van der Waals surface area contributed by atoms with E-state index in [-0.39, 0.29) is 11.7 Å². The maximum Gasteiger partial charge on any atom is 0.404 e. The van der Waals surface area contributed by atoms with E-state index in [0.29, 0.717) is 41.8 Å². The number of ether oxygens (including phenoxy) is 1. The minimum absolute atomic E-state index is 0.112. The van der Waals surface area contributed by atoms with Gasteiger partial charge in [-0.15, -0.1) is 0 Å². The molecule has 6 heteroatoms. The first-order valence-electron chi connectivity index (χ1n) is 8.18. The number of amides is 1. The van der Waals surface area contributed by atoms with Crippen molar-refractivity contribution in [2.75, 3.05) is 6.54 Å². The third kappa shape index (κ3) is 4.31. The van der Waals surface area contributed by atoms with E-state index in [0.717, 1.165) is 17.5 Å². The third-order valence-electron chi connectivity index (χ3n) is 4.46. The molecule has 1 amide bonds. The summed E-state index contributed by atoms with van der Waals surface area (Å²) < 4.78 is 20.9. The minimum Gasteiger partial charge on any atom is -0.488 e. The van der Waals surface area contributed by atoms with E-state index in [2.05, 4.69) is 21.2 Å². The first-order chi connectivity index (χ1) is 12.0. The van der Waals surface area contributed by atoms with Gasteiger partial charge in [0.25, 0.3) is 0 Å². The molecule has 2 aromatic carbocycles. The molecule has 2 N–H and O–H groups in total. The molecule has 0 spiro atoms. The van der Waals surface area contributed by atoms with Gasteiger partial charge in [-0.2, -0.15) is 0 Å². The van der Waals surface area contributed by atoms with Crippen LogP contribution in [0.15, 0.2) is 40.9 Å². The molecule has 0 radical (unpaired) electrons. The van der Waals surface area contributed by atoms with Crippen LogP contribution in [-0.4, -0.2) is 17.7 Å². The number of carbonyl (C=O) groups is 1. The summed E-state index contributed by atoms with van der Waals surface area (Å²) >= 11 is 3.31. The fourth-order valence-electron chi connectivity index (χ4n) is 3.13. The maximum atomic E-state index is 14.8. The zero-order valence-electron chi connectivity index (χ0n) is 13.6. The maximum absolute atomic E-state index is 14.8. The number of halogens is 2. The van der Waals surface area contributed by atoms with E-state index < -0.39 is 6.09 Å². The van der Waals surface area contributed by atoms with Crippen LogP contribution in [-0.2, 0) is 19.4 Å². The lowest BCUT2D eigenvalue weighted by Gasteiger charge is -2.26. The van der Waals surface area contributed by atoms with E-state index in [9.17, 15) is 9.18 Å². The second-order valence-electron chi connectivity index (χ2n) is 6.21. The summed E-state index contributed by atoms with van der Waals surface area (Å²) in [6.07, 6.45) is 1.02. The van der Waals surface area contributed by atoms with Gasteiger partial charge in [-0.3, -0.25) is 0 Å². The Bertz CT molecular complexity index is 767. The number of benzene rings is 2. The molecule has 25 heavy (non-hydrogen) atoms. The van der Waals surface area contributed by atoms with E-state index in [1.807, 2.05) is 36.4 Å². The summed E-state index contributed by atoms with van der Waals surface area (Å²) in [5, 5.41) is 11.1. The lowest BCUT2D eigenvalue weighted by molar-refractivity contribution is 0.191. The predicted molar refractivity (Wildman–Crippen MR) is 96.4 cm³/mol. The normalized spacial score (nSPS) is 16.2. The van der Waals surface area contributed by atoms with Gasteiger partial charge in [-0.05, 0) is 63.9 Å². The van der Waals surface area contributed by atoms with Gasteiger partial charge < -0.3 is 15.2 Å². The van der Waals surface area contributed by atoms with Crippen LogP contribution >= 0.6 is 15.9 Å². The van der Waals surface area contributed by atoms with Crippen LogP contribution in [0.25, 0.3) is 0 Å². The number of aryl methyl sites for hydroxylation is 1. The number of fused-ring (bicyclic) bond motifs is 1. The zero-order chi connectivity index (χ0) is 17.8. The Kier molecular flexibility index (Phi) is 5.58. The first kappa shape index (κ1) is 17.7. The first-order valence-corrected chi connectivity index (χ1v) is 8.97. The molecule has 0 heterocycles. The Balaban J connectivity index is 1.74. The van der Waals surface area contributed by atoms with E-state index in [1.54, 1.807) is 0 Å². The largest absolute Gasteiger partial charge is 0.488 e. The highest BCUT2D eigenvalue weighted by atomic mass is 79.9. The Hall–Kier alpha value is -2.08. The average Bonchev–Trinajstić information content (AvgIpc) is 2.63. The minimum atomic E-state index is -1.04. The van der Waals surface area contributed by atoms with Crippen LogP contribution < -0.4 is 10.1 Å². The van der Waals surface area contributed by atoms with Gasteiger partial charge in [-0.1, -0.05) is 30.3 Å².